The number of carbonyl (C=O) groups excluding carboxylic acids is 1. The number of carbonyl (C=O) groups is 1. The molecule has 0 fully saturated rings. The maximum absolute atomic E-state index is 11.7. The molecule has 3 aromatic rings. The van der Waals surface area contributed by atoms with Crippen LogP contribution in [0.15, 0.2) is 54.6 Å². The molecule has 0 aliphatic heterocycles. The zero-order chi connectivity index (χ0) is 17.1. The molecular weight excluding hydrogens is 296 g/mol. The maximum Gasteiger partial charge on any atom is 0.217 e. The molecule has 3 rings (SSSR count). The second-order valence-corrected chi connectivity index (χ2v) is 6.37. The zero-order valence-electron chi connectivity index (χ0n) is 14.3. The second-order valence-electron chi connectivity index (χ2n) is 6.37. The van der Waals surface area contributed by atoms with Gasteiger partial charge in [-0.05, 0) is 31.5 Å². The number of fused-ring (bicyclic) bond motifs is 1. The van der Waals surface area contributed by atoms with Crippen LogP contribution >= 0.6 is 0 Å². The van der Waals surface area contributed by atoms with Gasteiger partial charge in [0.15, 0.2) is 0 Å². The minimum atomic E-state index is -0.0743. The number of aromatic nitrogens is 1. The molecule has 0 bridgehead atoms. The van der Waals surface area contributed by atoms with Crippen LogP contribution in [0.2, 0.25) is 0 Å². The normalized spacial score (nSPS) is 12.1. The number of nitrogens with one attached hydrogen (secondary N) is 1. The minimum Gasteiger partial charge on any atom is -0.349 e. The number of aryl methyl sites for hydroxylation is 2. The lowest BCUT2D eigenvalue weighted by molar-refractivity contribution is -0.119. The van der Waals surface area contributed by atoms with Crippen molar-refractivity contribution in [1.29, 1.82) is 0 Å². The topological polar surface area (TPSA) is 42.0 Å². The Labute approximate surface area is 142 Å². The lowest BCUT2D eigenvalue weighted by Gasteiger charge is -2.19. The summed E-state index contributed by atoms with van der Waals surface area (Å²) in [6, 6.07) is 18.5. The summed E-state index contributed by atoms with van der Waals surface area (Å²) in [7, 11) is 0. The number of para-hydroxylation sites is 1. The fourth-order valence-corrected chi connectivity index (χ4v) is 3.14. The lowest BCUT2D eigenvalue weighted by Crippen LogP contribution is -2.28. The van der Waals surface area contributed by atoms with E-state index >= 15 is 0 Å². The lowest BCUT2D eigenvalue weighted by atomic mass is 9.97. The summed E-state index contributed by atoms with van der Waals surface area (Å²) in [6.45, 7) is 5.72. The molecule has 0 unspecified atom stereocenters. The SMILES string of the molecule is CC(=O)N[C@H](Cc1ccc2ccccc2n1)c1cc(C)cc(C)c1. The van der Waals surface area contributed by atoms with Crippen molar-refractivity contribution in [1.82, 2.24) is 10.3 Å². The average molecular weight is 318 g/mol. The van der Waals surface area contributed by atoms with E-state index in [2.05, 4.69) is 49.5 Å². The molecule has 1 atom stereocenters. The van der Waals surface area contributed by atoms with Gasteiger partial charge in [-0.1, -0.05) is 53.6 Å². The number of benzene rings is 2. The molecule has 0 spiro atoms. The number of pyridine rings is 1. The molecule has 3 nitrogen and oxygen atoms in total. The van der Waals surface area contributed by atoms with E-state index in [0.29, 0.717) is 6.42 Å². The van der Waals surface area contributed by atoms with Crippen LogP contribution in [-0.4, -0.2) is 10.9 Å². The highest BCUT2D eigenvalue weighted by atomic mass is 16.1. The zero-order valence-corrected chi connectivity index (χ0v) is 14.3. The Balaban J connectivity index is 1.94. The summed E-state index contributed by atoms with van der Waals surface area (Å²) in [4.78, 5) is 16.4. The molecule has 0 saturated carbocycles. The van der Waals surface area contributed by atoms with E-state index in [1.807, 2.05) is 24.3 Å². The van der Waals surface area contributed by atoms with Crippen LogP contribution in [0.4, 0.5) is 0 Å². The van der Waals surface area contributed by atoms with E-state index in [1.54, 1.807) is 6.92 Å². The smallest absolute Gasteiger partial charge is 0.217 e. The van der Waals surface area contributed by atoms with Crippen LogP contribution in [0.5, 0.6) is 0 Å². The van der Waals surface area contributed by atoms with Gasteiger partial charge in [-0.25, -0.2) is 0 Å². The van der Waals surface area contributed by atoms with Gasteiger partial charge in [-0.15, -0.1) is 0 Å². The third-order valence-electron chi connectivity index (χ3n) is 4.09. The van der Waals surface area contributed by atoms with Gasteiger partial charge in [0.25, 0.3) is 0 Å². The number of hydrogen-bond donors (Lipinski definition) is 1. The van der Waals surface area contributed by atoms with Crippen LogP contribution in [0.25, 0.3) is 10.9 Å². The van der Waals surface area contributed by atoms with Crippen molar-refractivity contribution in [2.75, 3.05) is 0 Å². The van der Waals surface area contributed by atoms with Crippen LogP contribution < -0.4 is 5.32 Å². The number of rotatable bonds is 4. The second kappa shape index (κ2) is 6.83. The van der Waals surface area contributed by atoms with Gasteiger partial charge in [-0.2, -0.15) is 0 Å². The number of amides is 1. The first-order valence-corrected chi connectivity index (χ1v) is 8.21. The Morgan fingerprint density at radius 3 is 2.46 bits per heavy atom. The molecule has 3 heteroatoms. The predicted octanol–water partition coefficient (Wildman–Crippen LogP) is 4.27. The fraction of sp³-hybridized carbons (Fsp3) is 0.238. The maximum atomic E-state index is 11.7. The first-order valence-electron chi connectivity index (χ1n) is 8.21. The molecule has 0 aliphatic rings. The first kappa shape index (κ1) is 16.2. The van der Waals surface area contributed by atoms with Crippen molar-refractivity contribution in [3.05, 3.63) is 77.0 Å². The molecule has 0 aliphatic carbocycles. The van der Waals surface area contributed by atoms with Gasteiger partial charge in [0.2, 0.25) is 5.91 Å². The molecule has 0 saturated heterocycles. The molecule has 1 aromatic heterocycles. The molecule has 1 heterocycles. The molecule has 1 N–H and O–H groups in total. The van der Waals surface area contributed by atoms with Gasteiger partial charge >= 0.3 is 0 Å². The molecular formula is C21H22N2O. The Hall–Kier alpha value is -2.68. The summed E-state index contributed by atoms with van der Waals surface area (Å²) in [5, 5.41) is 4.20. The van der Waals surface area contributed by atoms with Gasteiger partial charge in [0.05, 0.1) is 11.6 Å². The third-order valence-corrected chi connectivity index (χ3v) is 4.09. The largest absolute Gasteiger partial charge is 0.349 e. The predicted molar refractivity (Wildman–Crippen MR) is 97.9 cm³/mol. The van der Waals surface area contributed by atoms with Crippen molar-refractivity contribution in [2.45, 2.75) is 33.2 Å². The summed E-state index contributed by atoms with van der Waals surface area (Å²) in [6.07, 6.45) is 0.674. The van der Waals surface area contributed by atoms with Crippen LogP contribution in [0.1, 0.15) is 35.3 Å². The summed E-state index contributed by atoms with van der Waals surface area (Å²) >= 11 is 0. The van der Waals surface area contributed by atoms with Crippen molar-refractivity contribution < 1.29 is 4.79 Å². The van der Waals surface area contributed by atoms with E-state index < -0.39 is 0 Å². The highest BCUT2D eigenvalue weighted by Crippen LogP contribution is 2.22. The van der Waals surface area contributed by atoms with Crippen LogP contribution in [0, 0.1) is 13.8 Å². The van der Waals surface area contributed by atoms with Gasteiger partial charge in [-0.3, -0.25) is 9.78 Å². The van der Waals surface area contributed by atoms with Gasteiger partial charge in [0, 0.05) is 24.4 Å². The summed E-state index contributed by atoms with van der Waals surface area (Å²) in [5.74, 6) is -0.0278. The van der Waals surface area contributed by atoms with E-state index in [4.69, 9.17) is 4.98 Å². The van der Waals surface area contributed by atoms with E-state index in [-0.39, 0.29) is 11.9 Å². The first-order chi connectivity index (χ1) is 11.5. The standard InChI is InChI=1S/C21H22N2O/c1-14-10-15(2)12-18(11-14)21(22-16(3)24)13-19-9-8-17-6-4-5-7-20(17)23-19/h4-12,21H,13H2,1-3H3,(H,22,24)/t21-/m1/s1. The monoisotopic (exact) mass is 318 g/mol. The highest BCUT2D eigenvalue weighted by Gasteiger charge is 2.15. The van der Waals surface area contributed by atoms with Crippen molar-refractivity contribution in [3.63, 3.8) is 0 Å². The molecule has 1 amide bonds. The Bertz CT molecular complexity index is 866. The fourth-order valence-electron chi connectivity index (χ4n) is 3.14. The number of nitrogens with zero attached hydrogens (tertiary/aromatic N) is 1. The molecule has 24 heavy (non-hydrogen) atoms. The van der Waals surface area contributed by atoms with Gasteiger partial charge in [0.1, 0.15) is 0 Å². The third kappa shape index (κ3) is 3.80. The molecule has 122 valence electrons. The van der Waals surface area contributed by atoms with Crippen molar-refractivity contribution >= 4 is 16.8 Å². The molecule has 2 aromatic carbocycles. The highest BCUT2D eigenvalue weighted by molar-refractivity contribution is 5.78. The Morgan fingerprint density at radius 1 is 1.04 bits per heavy atom. The van der Waals surface area contributed by atoms with E-state index in [9.17, 15) is 4.79 Å². The van der Waals surface area contributed by atoms with Crippen LogP contribution in [0.3, 0.4) is 0 Å². The van der Waals surface area contributed by atoms with Crippen LogP contribution in [-0.2, 0) is 11.2 Å². The van der Waals surface area contributed by atoms with E-state index in [1.165, 1.54) is 11.1 Å². The summed E-state index contributed by atoms with van der Waals surface area (Å²) < 4.78 is 0. The number of hydrogen-bond acceptors (Lipinski definition) is 2. The average Bonchev–Trinajstić information content (AvgIpc) is 2.53. The van der Waals surface area contributed by atoms with Crippen molar-refractivity contribution in [2.24, 2.45) is 0 Å². The van der Waals surface area contributed by atoms with Crippen molar-refractivity contribution in [3.8, 4) is 0 Å². The Kier molecular flexibility index (Phi) is 4.61. The Morgan fingerprint density at radius 2 is 1.75 bits per heavy atom. The minimum absolute atomic E-state index is 0.0278. The molecule has 0 radical (unpaired) electrons. The quantitative estimate of drug-likeness (QED) is 0.780. The van der Waals surface area contributed by atoms with E-state index in [0.717, 1.165) is 22.2 Å². The summed E-state index contributed by atoms with van der Waals surface area (Å²) in [5.41, 5.74) is 5.49. The van der Waals surface area contributed by atoms with Gasteiger partial charge < -0.3 is 5.32 Å².